The summed E-state index contributed by atoms with van der Waals surface area (Å²) in [5, 5.41) is 24.3. The molecule has 3 atom stereocenters. The quantitative estimate of drug-likeness (QED) is 0.362. The number of carbonyl (C=O) groups is 1. The van der Waals surface area contributed by atoms with E-state index in [0.717, 1.165) is 27.8 Å². The van der Waals surface area contributed by atoms with Crippen LogP contribution in [0.25, 0.3) is 10.9 Å². The number of H-pyrrole nitrogens is 1. The van der Waals surface area contributed by atoms with Gasteiger partial charge < -0.3 is 29.6 Å². The summed E-state index contributed by atoms with van der Waals surface area (Å²) in [6, 6.07) is 19.7. The minimum Gasteiger partial charge on any atom is -0.502 e. The largest absolute Gasteiger partial charge is 0.502 e. The second-order valence-corrected chi connectivity index (χ2v) is 9.04. The number of anilines is 1. The third-order valence-corrected chi connectivity index (χ3v) is 7.12. The van der Waals surface area contributed by atoms with Gasteiger partial charge in [-0.2, -0.15) is 5.26 Å². The number of nitriles is 1. The Morgan fingerprint density at radius 2 is 1.81 bits per heavy atom. The van der Waals surface area contributed by atoms with Gasteiger partial charge in [-0.25, -0.2) is 4.79 Å². The lowest BCUT2D eigenvalue weighted by Gasteiger charge is -2.41. The predicted octanol–water partition coefficient (Wildman–Crippen LogP) is 4.84. The van der Waals surface area contributed by atoms with Crippen molar-refractivity contribution in [3.05, 3.63) is 83.0 Å². The summed E-state index contributed by atoms with van der Waals surface area (Å²) in [6.45, 7) is 0.203. The van der Waals surface area contributed by atoms with Gasteiger partial charge in [-0.15, -0.1) is 0 Å². The third-order valence-electron chi connectivity index (χ3n) is 7.12. The topological polar surface area (TPSA) is 120 Å². The number of carbonyl (C=O) groups excluding carboxylic acids is 1. The second kappa shape index (κ2) is 8.68. The van der Waals surface area contributed by atoms with E-state index in [0.29, 0.717) is 11.1 Å². The molecule has 1 fully saturated rings. The summed E-state index contributed by atoms with van der Waals surface area (Å²) in [6.07, 6.45) is -0.433. The minimum absolute atomic E-state index is 0.109. The number of fused-ring (bicyclic) bond motifs is 4. The molecule has 9 heteroatoms. The average molecular weight is 497 g/mol. The van der Waals surface area contributed by atoms with Gasteiger partial charge in [0.1, 0.15) is 12.6 Å². The van der Waals surface area contributed by atoms with E-state index in [-0.39, 0.29) is 35.9 Å². The van der Waals surface area contributed by atoms with Crippen LogP contribution in [-0.4, -0.2) is 48.0 Å². The lowest BCUT2D eigenvalue weighted by molar-refractivity contribution is 0.145. The van der Waals surface area contributed by atoms with Crippen molar-refractivity contribution in [1.29, 1.82) is 5.26 Å². The fraction of sp³-hybridized carbons (Fsp3) is 0.214. The Hall–Kier alpha value is -4.84. The van der Waals surface area contributed by atoms with E-state index in [1.165, 1.54) is 14.2 Å². The number of phenolic OH excluding ortho intramolecular Hbond substituents is 1. The molecular weight excluding hydrogens is 472 g/mol. The molecule has 37 heavy (non-hydrogen) atoms. The lowest BCUT2D eigenvalue weighted by Crippen LogP contribution is -2.47. The van der Waals surface area contributed by atoms with Gasteiger partial charge in [0.05, 0.1) is 37.9 Å². The Kier molecular flexibility index (Phi) is 5.30. The molecule has 0 spiro atoms. The van der Waals surface area contributed by atoms with Crippen LogP contribution in [-0.2, 0) is 4.74 Å². The number of phenols is 1. The number of rotatable bonds is 5. The van der Waals surface area contributed by atoms with E-state index < -0.39 is 12.1 Å². The van der Waals surface area contributed by atoms with E-state index in [4.69, 9.17) is 14.2 Å². The first kappa shape index (κ1) is 22.6. The highest BCUT2D eigenvalue weighted by molar-refractivity contribution is 5.88. The second-order valence-electron chi connectivity index (χ2n) is 9.04. The summed E-state index contributed by atoms with van der Waals surface area (Å²) in [7, 11) is 2.94. The number of aromatic amines is 1. The zero-order chi connectivity index (χ0) is 25.7. The molecule has 0 bridgehead atoms. The van der Waals surface area contributed by atoms with Gasteiger partial charge >= 0.3 is 6.09 Å². The Morgan fingerprint density at radius 3 is 2.49 bits per heavy atom. The number of aromatic hydroxyl groups is 1. The molecule has 3 aromatic carbocycles. The van der Waals surface area contributed by atoms with E-state index >= 15 is 0 Å². The fourth-order valence-corrected chi connectivity index (χ4v) is 5.46. The fourth-order valence-electron chi connectivity index (χ4n) is 5.46. The molecular formula is C28H24N4O5. The highest BCUT2D eigenvalue weighted by Crippen LogP contribution is 2.50. The number of cyclic esters (lactones) is 1. The van der Waals surface area contributed by atoms with Crippen LogP contribution in [0.5, 0.6) is 17.2 Å². The van der Waals surface area contributed by atoms with E-state index in [1.807, 2.05) is 30.3 Å². The Balaban J connectivity index is 1.56. The molecule has 1 saturated heterocycles. The van der Waals surface area contributed by atoms with E-state index in [2.05, 4.69) is 22.4 Å². The Morgan fingerprint density at radius 1 is 1.11 bits per heavy atom. The minimum atomic E-state index is -0.537. The first-order valence-corrected chi connectivity index (χ1v) is 11.8. The van der Waals surface area contributed by atoms with Crippen LogP contribution in [0, 0.1) is 11.3 Å². The van der Waals surface area contributed by atoms with Gasteiger partial charge in [-0.05, 0) is 48.0 Å². The van der Waals surface area contributed by atoms with Crippen molar-refractivity contribution in [1.82, 2.24) is 9.88 Å². The third kappa shape index (κ3) is 3.49. The van der Waals surface area contributed by atoms with Crippen LogP contribution in [0.2, 0.25) is 0 Å². The molecule has 0 radical (unpaired) electrons. The molecule has 186 valence electrons. The van der Waals surface area contributed by atoms with Crippen LogP contribution >= 0.6 is 0 Å². The molecule has 0 aliphatic carbocycles. The van der Waals surface area contributed by atoms with Crippen molar-refractivity contribution < 1.29 is 24.1 Å². The van der Waals surface area contributed by atoms with Crippen molar-refractivity contribution in [2.75, 3.05) is 26.1 Å². The van der Waals surface area contributed by atoms with Gasteiger partial charge in [0.15, 0.2) is 11.5 Å². The smallest absolute Gasteiger partial charge is 0.411 e. The van der Waals surface area contributed by atoms with Crippen molar-refractivity contribution in [2.24, 2.45) is 0 Å². The van der Waals surface area contributed by atoms with E-state index in [9.17, 15) is 15.2 Å². The number of ether oxygens (including phenoxy) is 3. The maximum atomic E-state index is 13.2. The molecule has 2 aliphatic heterocycles. The van der Waals surface area contributed by atoms with Gasteiger partial charge in [-0.3, -0.25) is 4.90 Å². The summed E-state index contributed by atoms with van der Waals surface area (Å²) in [4.78, 5) is 18.5. The molecule has 1 unspecified atom stereocenters. The molecule has 4 aromatic rings. The zero-order valence-electron chi connectivity index (χ0n) is 20.2. The SMILES string of the molecule is COc1cc([C@@H]2c3[nH]c4ccccc4c3C(Nc3ccc(C#N)cc3)[C@H]3COC(=O)N23)cc(OC)c1O. The molecule has 3 N–H and O–H groups in total. The monoisotopic (exact) mass is 496 g/mol. The Bertz CT molecular complexity index is 1530. The molecule has 3 heterocycles. The normalized spacial score (nSPS) is 20.1. The molecule has 1 amide bonds. The van der Waals surface area contributed by atoms with Crippen LogP contribution in [0.15, 0.2) is 60.7 Å². The number of benzene rings is 3. The maximum Gasteiger partial charge on any atom is 0.411 e. The highest BCUT2D eigenvalue weighted by atomic mass is 16.6. The number of hydrogen-bond acceptors (Lipinski definition) is 7. The predicted molar refractivity (Wildman–Crippen MR) is 136 cm³/mol. The van der Waals surface area contributed by atoms with Gasteiger partial charge in [0.25, 0.3) is 0 Å². The van der Waals surface area contributed by atoms with Crippen molar-refractivity contribution >= 4 is 22.7 Å². The highest BCUT2D eigenvalue weighted by Gasteiger charge is 2.51. The van der Waals surface area contributed by atoms with Crippen LogP contribution < -0.4 is 14.8 Å². The average Bonchev–Trinajstić information content (AvgIpc) is 3.50. The number of hydrogen-bond donors (Lipinski definition) is 3. The number of para-hydroxylation sites is 1. The number of aromatic nitrogens is 1. The summed E-state index contributed by atoms with van der Waals surface area (Å²) < 4.78 is 16.4. The first-order chi connectivity index (χ1) is 18.0. The van der Waals surface area contributed by atoms with E-state index in [1.54, 1.807) is 29.2 Å². The lowest BCUT2D eigenvalue weighted by atomic mass is 9.85. The number of nitrogens with zero attached hydrogens (tertiary/aromatic N) is 2. The standard InChI is InChI=1S/C28H24N4O5/c1-35-21-11-16(12-22(36-2)27(21)33)26-25-23(18-5-3-4-6-19(18)31-25)24(20-14-37-28(34)32(20)26)30-17-9-7-15(13-29)8-10-17/h3-12,20,24,26,30-31,33H,14H2,1-2H3/t20-,24?,26-/m1/s1. The summed E-state index contributed by atoms with van der Waals surface area (Å²) in [5.41, 5.74) is 4.90. The summed E-state index contributed by atoms with van der Waals surface area (Å²) >= 11 is 0. The van der Waals surface area contributed by atoms with Gasteiger partial charge in [0.2, 0.25) is 5.75 Å². The molecule has 0 saturated carbocycles. The van der Waals surface area contributed by atoms with Crippen molar-refractivity contribution in [3.8, 4) is 23.3 Å². The van der Waals surface area contributed by atoms with Crippen molar-refractivity contribution in [2.45, 2.75) is 18.1 Å². The molecule has 1 aromatic heterocycles. The van der Waals surface area contributed by atoms with Crippen LogP contribution in [0.3, 0.4) is 0 Å². The van der Waals surface area contributed by atoms with Crippen molar-refractivity contribution in [3.63, 3.8) is 0 Å². The molecule has 9 nitrogen and oxygen atoms in total. The number of amides is 1. The summed E-state index contributed by atoms with van der Waals surface area (Å²) in [5.74, 6) is 0.380. The van der Waals surface area contributed by atoms with Gasteiger partial charge in [0, 0.05) is 27.8 Å². The molecule has 6 rings (SSSR count). The van der Waals surface area contributed by atoms with Gasteiger partial charge in [-0.1, -0.05) is 18.2 Å². The molecule has 2 aliphatic rings. The first-order valence-electron chi connectivity index (χ1n) is 11.8. The number of nitrogens with one attached hydrogen (secondary N) is 2. The number of methoxy groups -OCH3 is 2. The van der Waals surface area contributed by atoms with Crippen LogP contribution in [0.1, 0.15) is 34.5 Å². The maximum absolute atomic E-state index is 13.2. The Labute approximate surface area is 212 Å². The van der Waals surface area contributed by atoms with Crippen LogP contribution in [0.4, 0.5) is 10.5 Å². The zero-order valence-corrected chi connectivity index (χ0v) is 20.2.